The topological polar surface area (TPSA) is 48.1 Å². The van der Waals surface area contributed by atoms with Crippen molar-refractivity contribution >= 4 is 0 Å². The van der Waals surface area contributed by atoms with Crippen molar-refractivity contribution in [2.45, 2.75) is 25.2 Å². The zero-order valence-electron chi connectivity index (χ0n) is 20.6. The van der Waals surface area contributed by atoms with E-state index in [2.05, 4.69) is 4.98 Å². The molecule has 1 saturated carbocycles. The first-order valence-corrected chi connectivity index (χ1v) is 12.3. The first kappa shape index (κ1) is 26.7. The van der Waals surface area contributed by atoms with E-state index in [9.17, 15) is 26.3 Å². The smallest absolute Gasteiger partial charge is 0.417 e. The maximum absolute atomic E-state index is 13.9. The van der Waals surface area contributed by atoms with Gasteiger partial charge in [0.2, 0.25) is 0 Å². The molecule has 9 heteroatoms. The number of nitrogens with two attached hydrogens (primary N) is 1. The highest BCUT2D eigenvalue weighted by Crippen LogP contribution is 2.45. The molecule has 1 aliphatic carbocycles. The first-order valence-electron chi connectivity index (χ1n) is 12.3. The number of ether oxygens (including phenoxy) is 1. The number of pyridine rings is 1. The van der Waals surface area contributed by atoms with Gasteiger partial charge in [0.25, 0.3) is 0 Å². The van der Waals surface area contributed by atoms with Gasteiger partial charge in [-0.05, 0) is 77.1 Å². The molecule has 3 aromatic carbocycles. The number of nitrogens with zero attached hydrogens (tertiary/aromatic N) is 1. The Labute approximate surface area is 221 Å². The van der Waals surface area contributed by atoms with Crippen LogP contribution in [-0.2, 0) is 12.4 Å². The zero-order valence-corrected chi connectivity index (χ0v) is 20.6. The Morgan fingerprint density at radius 3 is 1.69 bits per heavy atom. The molecule has 4 aromatic rings. The molecule has 3 nitrogen and oxygen atoms in total. The number of aromatic nitrogens is 1. The van der Waals surface area contributed by atoms with Gasteiger partial charge in [0.05, 0.1) is 23.9 Å². The van der Waals surface area contributed by atoms with Crippen LogP contribution < -0.4 is 10.5 Å². The fourth-order valence-corrected chi connectivity index (χ4v) is 4.55. The molecule has 0 spiro atoms. The van der Waals surface area contributed by atoms with Crippen molar-refractivity contribution in [3.63, 3.8) is 0 Å². The van der Waals surface area contributed by atoms with Crippen LogP contribution >= 0.6 is 0 Å². The Kier molecular flexibility index (Phi) is 6.88. The lowest BCUT2D eigenvalue weighted by Crippen LogP contribution is -2.22. The Morgan fingerprint density at radius 1 is 0.692 bits per heavy atom. The summed E-state index contributed by atoms with van der Waals surface area (Å²) in [5, 5.41) is 0. The van der Waals surface area contributed by atoms with Gasteiger partial charge in [-0.3, -0.25) is 4.98 Å². The SMILES string of the molecule is NCC1(COc2cncc(-c3cc(-c4ccccc4C(F)(F)F)cc(-c4ccccc4C(F)(F)F)c3)c2)CC1. The van der Waals surface area contributed by atoms with Crippen molar-refractivity contribution < 1.29 is 31.1 Å². The van der Waals surface area contributed by atoms with Crippen LogP contribution in [0.25, 0.3) is 33.4 Å². The van der Waals surface area contributed by atoms with Gasteiger partial charge >= 0.3 is 12.4 Å². The molecule has 0 bridgehead atoms. The van der Waals surface area contributed by atoms with E-state index in [1.54, 1.807) is 6.07 Å². The zero-order chi connectivity index (χ0) is 27.8. The van der Waals surface area contributed by atoms with Crippen LogP contribution in [0.15, 0.2) is 85.2 Å². The van der Waals surface area contributed by atoms with Crippen molar-refractivity contribution in [1.82, 2.24) is 4.98 Å². The molecular weight excluding hydrogens is 518 g/mol. The van der Waals surface area contributed by atoms with Gasteiger partial charge in [-0.1, -0.05) is 36.4 Å². The maximum Gasteiger partial charge on any atom is 0.417 e. The summed E-state index contributed by atoms with van der Waals surface area (Å²) in [6.45, 7) is 0.889. The van der Waals surface area contributed by atoms with Crippen molar-refractivity contribution in [2.24, 2.45) is 11.1 Å². The molecule has 5 rings (SSSR count). The number of hydrogen-bond donors (Lipinski definition) is 1. The number of hydrogen-bond acceptors (Lipinski definition) is 3. The largest absolute Gasteiger partial charge is 0.491 e. The maximum atomic E-state index is 13.9. The van der Waals surface area contributed by atoms with E-state index in [1.807, 2.05) is 0 Å². The van der Waals surface area contributed by atoms with Crippen LogP contribution in [0.3, 0.4) is 0 Å². The lowest BCUT2D eigenvalue weighted by Gasteiger charge is -2.18. The second kappa shape index (κ2) is 10.0. The first-order chi connectivity index (χ1) is 18.5. The molecule has 0 unspecified atom stereocenters. The van der Waals surface area contributed by atoms with Crippen molar-refractivity contribution in [2.75, 3.05) is 13.2 Å². The van der Waals surface area contributed by atoms with Gasteiger partial charge in [-0.25, -0.2) is 0 Å². The Balaban J connectivity index is 1.66. The van der Waals surface area contributed by atoms with E-state index in [-0.39, 0.29) is 27.7 Å². The van der Waals surface area contributed by atoms with Gasteiger partial charge in [-0.15, -0.1) is 0 Å². The standard InChI is InChI=1S/C30H24F6N2O/c31-29(32,33)26-7-3-1-5-24(26)20-11-19(12-21(13-20)25-6-2-4-8-27(25)30(34,35)36)22-14-23(16-38-15-22)39-18-28(17-37)9-10-28/h1-8,11-16H,9-10,17-18,37H2. The Hall–Kier alpha value is -3.85. The third-order valence-electron chi connectivity index (χ3n) is 7.00. The van der Waals surface area contributed by atoms with Crippen molar-refractivity contribution in [1.29, 1.82) is 0 Å². The van der Waals surface area contributed by atoms with Crippen LogP contribution in [-0.4, -0.2) is 18.1 Å². The van der Waals surface area contributed by atoms with Gasteiger partial charge in [0, 0.05) is 23.7 Å². The van der Waals surface area contributed by atoms with E-state index in [4.69, 9.17) is 10.5 Å². The predicted octanol–water partition coefficient (Wildman–Crippen LogP) is 8.24. The van der Waals surface area contributed by atoms with E-state index < -0.39 is 23.5 Å². The average Bonchev–Trinajstić information content (AvgIpc) is 3.71. The van der Waals surface area contributed by atoms with Crippen LogP contribution in [0.2, 0.25) is 0 Å². The molecule has 2 N–H and O–H groups in total. The Bertz CT molecular complexity index is 1420. The van der Waals surface area contributed by atoms with E-state index >= 15 is 0 Å². The fraction of sp³-hybridized carbons (Fsp3) is 0.233. The predicted molar refractivity (Wildman–Crippen MR) is 137 cm³/mol. The summed E-state index contributed by atoms with van der Waals surface area (Å²) in [4.78, 5) is 4.21. The molecule has 1 fully saturated rings. The highest BCUT2D eigenvalue weighted by atomic mass is 19.4. The second-order valence-corrected chi connectivity index (χ2v) is 9.79. The summed E-state index contributed by atoms with van der Waals surface area (Å²) in [7, 11) is 0. The molecule has 1 aromatic heterocycles. The molecule has 0 atom stereocenters. The molecular formula is C30H24F6N2O. The van der Waals surface area contributed by atoms with Crippen LogP contribution in [0.4, 0.5) is 26.3 Å². The summed E-state index contributed by atoms with van der Waals surface area (Å²) in [5.41, 5.74) is 4.84. The highest BCUT2D eigenvalue weighted by molar-refractivity contribution is 5.83. The van der Waals surface area contributed by atoms with Gasteiger partial charge < -0.3 is 10.5 Å². The minimum atomic E-state index is -4.66. The monoisotopic (exact) mass is 542 g/mol. The summed E-state index contributed by atoms with van der Waals surface area (Å²) >= 11 is 0. The van der Waals surface area contributed by atoms with Gasteiger partial charge in [0.1, 0.15) is 5.75 Å². The molecule has 0 aliphatic heterocycles. The molecule has 1 heterocycles. The fourth-order valence-electron chi connectivity index (χ4n) is 4.55. The summed E-state index contributed by atoms with van der Waals surface area (Å²) in [6.07, 6.45) is -4.39. The lowest BCUT2D eigenvalue weighted by molar-refractivity contribution is -0.137. The molecule has 39 heavy (non-hydrogen) atoms. The van der Waals surface area contributed by atoms with E-state index in [0.717, 1.165) is 25.0 Å². The third kappa shape index (κ3) is 5.78. The number of rotatable bonds is 7. The van der Waals surface area contributed by atoms with E-state index in [1.165, 1.54) is 67.0 Å². The van der Waals surface area contributed by atoms with Crippen molar-refractivity contribution in [3.05, 3.63) is 96.3 Å². The van der Waals surface area contributed by atoms with Crippen LogP contribution in [0.1, 0.15) is 24.0 Å². The summed E-state index contributed by atoms with van der Waals surface area (Å²) in [5.74, 6) is 0.436. The summed E-state index contributed by atoms with van der Waals surface area (Å²) in [6, 6.07) is 16.0. The number of benzene rings is 3. The third-order valence-corrected chi connectivity index (χ3v) is 7.00. The van der Waals surface area contributed by atoms with Crippen LogP contribution in [0.5, 0.6) is 5.75 Å². The van der Waals surface area contributed by atoms with Crippen molar-refractivity contribution in [3.8, 4) is 39.1 Å². The average molecular weight is 543 g/mol. The quantitative estimate of drug-likeness (QED) is 0.239. The van der Waals surface area contributed by atoms with Crippen LogP contribution in [0, 0.1) is 5.41 Å². The Morgan fingerprint density at radius 2 is 1.21 bits per heavy atom. The molecule has 0 saturated heterocycles. The highest BCUT2D eigenvalue weighted by Gasteiger charge is 2.42. The minimum absolute atomic E-state index is 0.0638. The number of halogens is 6. The lowest BCUT2D eigenvalue weighted by atomic mass is 9.90. The summed E-state index contributed by atoms with van der Waals surface area (Å²) < 4.78 is 89.2. The van der Waals surface area contributed by atoms with E-state index in [0.29, 0.717) is 30.0 Å². The molecule has 202 valence electrons. The van der Waals surface area contributed by atoms with Gasteiger partial charge in [-0.2, -0.15) is 26.3 Å². The molecule has 1 aliphatic rings. The van der Waals surface area contributed by atoms with Gasteiger partial charge in [0.15, 0.2) is 0 Å². The second-order valence-electron chi connectivity index (χ2n) is 9.79. The number of alkyl halides is 6. The molecule has 0 amide bonds. The minimum Gasteiger partial charge on any atom is -0.491 e. The normalized spacial score (nSPS) is 14.7. The molecule has 0 radical (unpaired) electrons.